The lowest BCUT2D eigenvalue weighted by molar-refractivity contribution is 0.0697. The normalized spacial score (nSPS) is 18.5. The number of nitrogens with zero attached hydrogens (tertiary/aromatic N) is 4. The molecule has 0 unspecified atom stereocenters. The van der Waals surface area contributed by atoms with Crippen LogP contribution in [0.4, 0.5) is 0 Å². The van der Waals surface area contributed by atoms with Gasteiger partial charge in [-0.1, -0.05) is 11.6 Å². The number of halogens is 1. The Kier molecular flexibility index (Phi) is 5.27. The molecule has 12 heteroatoms. The van der Waals surface area contributed by atoms with Crippen molar-refractivity contribution in [1.29, 1.82) is 0 Å². The number of nitrogens with two attached hydrogens (primary N) is 1. The van der Waals surface area contributed by atoms with E-state index < -0.39 is 10.0 Å². The minimum atomic E-state index is -3.69. The molecule has 1 fully saturated rings. The molecule has 9 nitrogen and oxygen atoms in total. The number of amides is 1. The third kappa shape index (κ3) is 3.86. The number of piperazine rings is 1. The van der Waals surface area contributed by atoms with Crippen LogP contribution in [0.3, 0.4) is 0 Å². The second kappa shape index (κ2) is 7.84. The number of sulfonamides is 1. The average Bonchev–Trinajstić information content (AvgIpc) is 3.37. The van der Waals surface area contributed by atoms with Gasteiger partial charge in [0.25, 0.3) is 15.9 Å². The Morgan fingerprint density at radius 2 is 1.94 bits per heavy atom. The van der Waals surface area contributed by atoms with E-state index >= 15 is 0 Å². The minimum absolute atomic E-state index is 0.128. The quantitative estimate of drug-likeness (QED) is 0.551. The van der Waals surface area contributed by atoms with Gasteiger partial charge in [0.2, 0.25) is 0 Å². The zero-order valence-corrected chi connectivity index (χ0v) is 18.9. The molecule has 3 N–H and O–H groups in total. The number of fused-ring (bicyclic) bond motifs is 2. The number of carbonyl (C=O) groups is 1. The largest absolute Gasteiger partial charge is 0.345 e. The lowest BCUT2D eigenvalue weighted by atomic mass is 10.2. The second-order valence-corrected chi connectivity index (χ2v) is 11.1. The molecule has 0 saturated carbocycles. The van der Waals surface area contributed by atoms with Crippen LogP contribution in [-0.2, 0) is 23.0 Å². The second-order valence-electron chi connectivity index (χ2n) is 7.67. The number of carbonyl (C=O) groups excluding carboxylic acids is 1. The summed E-state index contributed by atoms with van der Waals surface area (Å²) in [6, 6.07) is 6.78. The van der Waals surface area contributed by atoms with Crippen molar-refractivity contribution >= 4 is 49.8 Å². The monoisotopic (exact) mass is 480 g/mol. The number of thiazole rings is 1. The number of hydrogen-bond donors (Lipinski definition) is 2. The fraction of sp³-hybridized carbons (Fsp3) is 0.368. The number of hydrazine groups is 1. The Balaban J connectivity index is 1.28. The summed E-state index contributed by atoms with van der Waals surface area (Å²) in [4.78, 5) is 23.1. The molecule has 0 radical (unpaired) electrons. The fourth-order valence-electron chi connectivity index (χ4n) is 3.93. The zero-order valence-electron chi connectivity index (χ0n) is 16.5. The van der Waals surface area contributed by atoms with Gasteiger partial charge in [0.15, 0.2) is 5.01 Å². The van der Waals surface area contributed by atoms with Crippen molar-refractivity contribution in [3.63, 3.8) is 0 Å². The van der Waals surface area contributed by atoms with E-state index in [0.29, 0.717) is 35.2 Å². The first-order chi connectivity index (χ1) is 14.8. The number of benzene rings is 1. The van der Waals surface area contributed by atoms with Crippen LogP contribution in [0.2, 0.25) is 5.02 Å². The summed E-state index contributed by atoms with van der Waals surface area (Å²) in [5.74, 6) is 5.71. The number of hydrogen-bond acceptors (Lipinski definition) is 7. The highest BCUT2D eigenvalue weighted by molar-refractivity contribution is 7.89. The van der Waals surface area contributed by atoms with Gasteiger partial charge in [0.05, 0.1) is 5.69 Å². The first-order valence-electron chi connectivity index (χ1n) is 9.87. The molecule has 1 amide bonds. The molecule has 2 aliphatic heterocycles. The fourth-order valence-corrected chi connectivity index (χ4v) is 6.65. The topological polar surface area (TPSA) is 116 Å². The van der Waals surface area contributed by atoms with Gasteiger partial charge in [-0.25, -0.2) is 18.4 Å². The Hall–Kier alpha value is -2.02. The van der Waals surface area contributed by atoms with Crippen LogP contribution in [0.25, 0.3) is 10.9 Å². The van der Waals surface area contributed by atoms with E-state index in [0.717, 1.165) is 28.9 Å². The van der Waals surface area contributed by atoms with Gasteiger partial charge < -0.3 is 9.88 Å². The Morgan fingerprint density at radius 1 is 1.16 bits per heavy atom. The van der Waals surface area contributed by atoms with Gasteiger partial charge in [-0.15, -0.1) is 11.3 Å². The van der Waals surface area contributed by atoms with E-state index in [4.69, 9.17) is 17.4 Å². The summed E-state index contributed by atoms with van der Waals surface area (Å²) in [6.45, 7) is 2.41. The molecule has 5 rings (SSSR count). The molecule has 0 aliphatic carbocycles. The summed E-state index contributed by atoms with van der Waals surface area (Å²) in [5.41, 5.74) is 1.65. The van der Waals surface area contributed by atoms with Crippen molar-refractivity contribution in [2.24, 2.45) is 5.84 Å². The van der Waals surface area contributed by atoms with Crippen molar-refractivity contribution in [3.8, 4) is 0 Å². The number of nitrogens with one attached hydrogen (secondary N) is 1. The standard InChI is InChI=1S/C19H21ClN6O3S2/c20-13-1-2-14-12(9-13)10-17(22-14)31(28,29)26-7-5-24(6-8-26)19(27)18-23-15-3-4-25(21)11-16(15)30-18/h1-2,9-10,22H,3-8,11,21H2. The van der Waals surface area contributed by atoms with Crippen LogP contribution in [0.1, 0.15) is 20.4 Å². The van der Waals surface area contributed by atoms with Gasteiger partial charge in [-0.2, -0.15) is 4.31 Å². The molecule has 0 bridgehead atoms. The number of H-pyrrole nitrogens is 1. The highest BCUT2D eigenvalue weighted by atomic mass is 35.5. The van der Waals surface area contributed by atoms with Gasteiger partial charge in [-0.3, -0.25) is 10.6 Å². The van der Waals surface area contributed by atoms with Crippen LogP contribution >= 0.6 is 22.9 Å². The molecule has 164 valence electrons. The minimum Gasteiger partial charge on any atom is -0.345 e. The first-order valence-corrected chi connectivity index (χ1v) is 12.5. The summed E-state index contributed by atoms with van der Waals surface area (Å²) in [6.07, 6.45) is 0.733. The van der Waals surface area contributed by atoms with E-state index in [9.17, 15) is 13.2 Å². The maximum absolute atomic E-state index is 13.1. The maximum atomic E-state index is 13.1. The number of rotatable bonds is 3. The van der Waals surface area contributed by atoms with E-state index in [1.54, 1.807) is 34.2 Å². The van der Waals surface area contributed by atoms with Crippen molar-refractivity contribution < 1.29 is 13.2 Å². The zero-order chi connectivity index (χ0) is 21.8. The van der Waals surface area contributed by atoms with Gasteiger partial charge in [0, 0.05) is 66.5 Å². The maximum Gasteiger partial charge on any atom is 0.282 e. The van der Waals surface area contributed by atoms with Crippen molar-refractivity contribution in [2.75, 3.05) is 32.7 Å². The molecule has 1 aromatic carbocycles. The Morgan fingerprint density at radius 3 is 2.71 bits per heavy atom. The molecular formula is C19H21ClN6O3S2. The van der Waals surface area contributed by atoms with Gasteiger partial charge in [-0.05, 0) is 24.3 Å². The van der Waals surface area contributed by atoms with Crippen LogP contribution in [0.5, 0.6) is 0 Å². The van der Waals surface area contributed by atoms with E-state index in [1.807, 2.05) is 0 Å². The third-order valence-corrected chi connectivity index (χ3v) is 8.77. The lowest BCUT2D eigenvalue weighted by Crippen LogP contribution is -2.50. The van der Waals surface area contributed by atoms with E-state index in [1.165, 1.54) is 15.6 Å². The SMILES string of the molecule is NN1CCc2nc(C(=O)N3CCN(S(=O)(=O)c4cc5cc(Cl)ccc5[nH]4)CC3)sc2C1. The third-order valence-electron chi connectivity index (χ3n) is 5.65. The van der Waals surface area contributed by atoms with Gasteiger partial charge >= 0.3 is 0 Å². The molecule has 2 aromatic heterocycles. The number of aromatic amines is 1. The Labute approximate surface area is 188 Å². The highest BCUT2D eigenvalue weighted by Gasteiger charge is 2.33. The molecule has 2 aliphatic rings. The van der Waals surface area contributed by atoms with Crippen molar-refractivity contribution in [1.82, 2.24) is 24.2 Å². The van der Waals surface area contributed by atoms with Crippen molar-refractivity contribution in [3.05, 3.63) is 44.9 Å². The smallest absolute Gasteiger partial charge is 0.282 e. The molecule has 0 spiro atoms. The molecule has 4 heterocycles. The average molecular weight is 481 g/mol. The molecule has 1 saturated heterocycles. The predicted octanol–water partition coefficient (Wildman–Crippen LogP) is 1.66. The van der Waals surface area contributed by atoms with Crippen LogP contribution in [0.15, 0.2) is 29.3 Å². The summed E-state index contributed by atoms with van der Waals surface area (Å²) in [7, 11) is -3.69. The summed E-state index contributed by atoms with van der Waals surface area (Å²) >= 11 is 7.38. The van der Waals surface area contributed by atoms with Crippen LogP contribution in [0, 0.1) is 0 Å². The van der Waals surface area contributed by atoms with Crippen LogP contribution < -0.4 is 5.84 Å². The summed E-state index contributed by atoms with van der Waals surface area (Å²) in [5, 5.41) is 3.58. The van der Waals surface area contributed by atoms with Crippen molar-refractivity contribution in [2.45, 2.75) is 18.0 Å². The highest BCUT2D eigenvalue weighted by Crippen LogP contribution is 2.27. The molecule has 0 atom stereocenters. The molecule has 31 heavy (non-hydrogen) atoms. The van der Waals surface area contributed by atoms with E-state index in [2.05, 4.69) is 9.97 Å². The first kappa shape index (κ1) is 20.9. The molecular weight excluding hydrogens is 460 g/mol. The Bertz CT molecular complexity index is 1260. The predicted molar refractivity (Wildman–Crippen MR) is 118 cm³/mol. The van der Waals surface area contributed by atoms with Gasteiger partial charge in [0.1, 0.15) is 5.03 Å². The lowest BCUT2D eigenvalue weighted by Gasteiger charge is -2.33. The number of aromatic nitrogens is 2. The van der Waals surface area contributed by atoms with E-state index in [-0.39, 0.29) is 24.0 Å². The molecule has 3 aromatic rings. The van der Waals surface area contributed by atoms with Crippen LogP contribution in [-0.4, -0.2) is 71.2 Å². The summed E-state index contributed by atoms with van der Waals surface area (Å²) < 4.78 is 27.6.